The van der Waals surface area contributed by atoms with Gasteiger partial charge in [0.15, 0.2) is 5.17 Å². The molecule has 1 aliphatic heterocycles. The van der Waals surface area contributed by atoms with Crippen molar-refractivity contribution >= 4 is 46.2 Å². The first-order chi connectivity index (χ1) is 14.9. The van der Waals surface area contributed by atoms with E-state index in [2.05, 4.69) is 4.99 Å². The third-order valence-corrected chi connectivity index (χ3v) is 5.83. The van der Waals surface area contributed by atoms with Gasteiger partial charge < -0.3 is 14.9 Å². The number of aryl methyl sites for hydroxylation is 1. The predicted octanol–water partition coefficient (Wildman–Crippen LogP) is 4.27. The lowest BCUT2D eigenvalue weighted by Crippen LogP contribution is -2.29. The van der Waals surface area contributed by atoms with Crippen molar-refractivity contribution in [3.05, 3.63) is 63.5 Å². The Bertz CT molecular complexity index is 1010. The Hall–Kier alpha value is -2.32. The molecule has 1 unspecified atom stereocenters. The van der Waals surface area contributed by atoms with Crippen molar-refractivity contribution in [3.8, 4) is 5.75 Å². The molecule has 164 valence electrons. The van der Waals surface area contributed by atoms with Gasteiger partial charge in [0.25, 0.3) is 5.91 Å². The second kappa shape index (κ2) is 10.8. The summed E-state index contributed by atoms with van der Waals surface area (Å²) in [7, 11) is 0. The fourth-order valence-electron chi connectivity index (χ4n) is 2.93. The third kappa shape index (κ3) is 5.68. The highest BCUT2D eigenvalue weighted by atomic mass is 35.5. The van der Waals surface area contributed by atoms with Crippen molar-refractivity contribution < 1.29 is 19.7 Å². The molecule has 2 aromatic rings. The number of carbonyl (C=O) groups is 1. The number of carbonyl (C=O) groups excluding carboxylic acids is 1. The van der Waals surface area contributed by atoms with Crippen LogP contribution in [0.1, 0.15) is 24.5 Å². The quantitative estimate of drug-likeness (QED) is 0.575. The lowest BCUT2D eigenvalue weighted by Gasteiger charge is -2.18. The van der Waals surface area contributed by atoms with Gasteiger partial charge in [-0.1, -0.05) is 42.8 Å². The lowest BCUT2D eigenvalue weighted by atomic mass is 10.1. The van der Waals surface area contributed by atoms with Gasteiger partial charge in [-0.2, -0.15) is 0 Å². The second-order valence-electron chi connectivity index (χ2n) is 7.04. The molecule has 31 heavy (non-hydrogen) atoms. The first-order valence-electron chi connectivity index (χ1n) is 10.00. The van der Waals surface area contributed by atoms with E-state index in [0.29, 0.717) is 27.4 Å². The molecule has 3 rings (SSSR count). The molecule has 1 fully saturated rings. The minimum atomic E-state index is -0.973. The molecule has 8 heteroatoms. The average Bonchev–Trinajstić information content (AvgIpc) is 3.06. The van der Waals surface area contributed by atoms with Crippen molar-refractivity contribution in [1.29, 1.82) is 0 Å². The van der Waals surface area contributed by atoms with E-state index >= 15 is 0 Å². The largest absolute Gasteiger partial charge is 0.489 e. The van der Waals surface area contributed by atoms with E-state index in [1.54, 1.807) is 29.2 Å². The number of rotatable bonds is 8. The molecule has 1 amide bonds. The van der Waals surface area contributed by atoms with Crippen LogP contribution in [-0.2, 0) is 4.79 Å². The number of thioether (sulfide) groups is 1. The van der Waals surface area contributed by atoms with Crippen LogP contribution in [0.5, 0.6) is 5.75 Å². The maximum absolute atomic E-state index is 13.2. The molecule has 0 spiro atoms. The number of para-hydroxylation sites is 1. The zero-order valence-corrected chi connectivity index (χ0v) is 19.0. The Balaban J connectivity index is 1.88. The molecule has 0 aliphatic carbocycles. The van der Waals surface area contributed by atoms with Gasteiger partial charge in [-0.3, -0.25) is 14.7 Å². The number of amides is 1. The van der Waals surface area contributed by atoms with Crippen molar-refractivity contribution in [2.45, 2.75) is 26.4 Å². The summed E-state index contributed by atoms with van der Waals surface area (Å²) in [5.41, 5.74) is 2.57. The molecule has 1 atom stereocenters. The minimum absolute atomic E-state index is 0.0619. The van der Waals surface area contributed by atoms with E-state index in [1.165, 1.54) is 11.8 Å². The van der Waals surface area contributed by atoms with Crippen molar-refractivity contribution in [1.82, 2.24) is 0 Å². The van der Waals surface area contributed by atoms with Gasteiger partial charge in [0.1, 0.15) is 18.5 Å². The van der Waals surface area contributed by atoms with E-state index < -0.39 is 6.10 Å². The highest BCUT2D eigenvalue weighted by Gasteiger charge is 2.35. The van der Waals surface area contributed by atoms with Gasteiger partial charge in [-0.15, -0.1) is 0 Å². The van der Waals surface area contributed by atoms with Crippen LogP contribution < -0.4 is 9.64 Å². The topological polar surface area (TPSA) is 82.4 Å². The molecule has 1 aliphatic rings. The minimum Gasteiger partial charge on any atom is -0.489 e. The summed E-state index contributed by atoms with van der Waals surface area (Å²) in [6.07, 6.45) is 1.70. The number of aliphatic hydroxyl groups excluding tert-OH is 2. The molecule has 0 saturated carbocycles. The number of ether oxygens (including phenoxy) is 1. The maximum Gasteiger partial charge on any atom is 0.271 e. The van der Waals surface area contributed by atoms with Crippen molar-refractivity contribution in [2.75, 3.05) is 24.7 Å². The van der Waals surface area contributed by atoms with Gasteiger partial charge in [0, 0.05) is 6.54 Å². The van der Waals surface area contributed by atoms with Crippen LogP contribution in [0.25, 0.3) is 6.08 Å². The standard InChI is InChI=1S/C23H25ClN2O4S/c1-3-10-25-23-26(19-7-5-4-6-15(19)2)22(29)21(31-23)12-16-8-9-20(18(24)11-16)30-14-17(28)13-27/h4-9,11-12,17,27-28H,3,10,13-14H2,1-2H3. The molecule has 6 nitrogen and oxygen atoms in total. The molecule has 0 radical (unpaired) electrons. The zero-order chi connectivity index (χ0) is 22.4. The highest BCUT2D eigenvalue weighted by molar-refractivity contribution is 8.19. The number of benzene rings is 2. The Morgan fingerprint density at radius 1 is 1.29 bits per heavy atom. The molecule has 2 N–H and O–H groups in total. The Labute approximate surface area is 191 Å². The van der Waals surface area contributed by atoms with Gasteiger partial charge >= 0.3 is 0 Å². The van der Waals surface area contributed by atoms with Gasteiger partial charge in [0.2, 0.25) is 0 Å². The molecule has 1 heterocycles. The van der Waals surface area contributed by atoms with E-state index in [-0.39, 0.29) is 19.1 Å². The van der Waals surface area contributed by atoms with Gasteiger partial charge in [-0.05, 0) is 60.5 Å². The van der Waals surface area contributed by atoms with E-state index in [0.717, 1.165) is 23.2 Å². The van der Waals surface area contributed by atoms with Crippen LogP contribution in [0.15, 0.2) is 52.4 Å². The second-order valence-corrected chi connectivity index (χ2v) is 8.46. The Morgan fingerprint density at radius 2 is 2.06 bits per heavy atom. The summed E-state index contributed by atoms with van der Waals surface area (Å²) in [4.78, 5) is 20.1. The fraction of sp³-hybridized carbons (Fsp3) is 0.304. The summed E-state index contributed by atoms with van der Waals surface area (Å²) in [6, 6.07) is 12.9. The van der Waals surface area contributed by atoms with Crippen LogP contribution >= 0.6 is 23.4 Å². The normalized spacial score (nSPS) is 17.6. The van der Waals surface area contributed by atoms with E-state index in [9.17, 15) is 9.90 Å². The number of halogens is 1. The summed E-state index contributed by atoms with van der Waals surface area (Å²) in [5, 5.41) is 19.3. The van der Waals surface area contributed by atoms with E-state index in [1.807, 2.05) is 38.1 Å². The number of amidine groups is 1. The van der Waals surface area contributed by atoms with Gasteiger partial charge in [-0.25, -0.2) is 0 Å². The smallest absolute Gasteiger partial charge is 0.271 e. The number of hydrogen-bond donors (Lipinski definition) is 2. The van der Waals surface area contributed by atoms with Gasteiger partial charge in [0.05, 0.1) is 22.2 Å². The zero-order valence-electron chi connectivity index (χ0n) is 17.4. The summed E-state index contributed by atoms with van der Waals surface area (Å²) >= 11 is 7.64. The van der Waals surface area contributed by atoms with Crippen molar-refractivity contribution in [2.24, 2.45) is 4.99 Å². The molecular weight excluding hydrogens is 436 g/mol. The van der Waals surface area contributed by atoms with Crippen LogP contribution in [0.3, 0.4) is 0 Å². The number of anilines is 1. The van der Waals surface area contributed by atoms with Crippen LogP contribution in [0.2, 0.25) is 5.02 Å². The third-order valence-electron chi connectivity index (χ3n) is 4.53. The maximum atomic E-state index is 13.2. The summed E-state index contributed by atoms with van der Waals surface area (Å²) in [6.45, 7) is 4.21. The molecule has 0 aromatic heterocycles. The van der Waals surface area contributed by atoms with E-state index in [4.69, 9.17) is 21.4 Å². The van der Waals surface area contributed by atoms with Crippen LogP contribution in [0, 0.1) is 6.92 Å². The summed E-state index contributed by atoms with van der Waals surface area (Å²) in [5.74, 6) is 0.269. The number of aliphatic imine (C=N–C) groups is 1. The first-order valence-corrected chi connectivity index (χ1v) is 11.2. The lowest BCUT2D eigenvalue weighted by molar-refractivity contribution is -0.113. The SMILES string of the molecule is CCCN=C1SC(=Cc2ccc(OCC(O)CO)c(Cl)c2)C(=O)N1c1ccccc1C. The monoisotopic (exact) mass is 460 g/mol. The molecule has 1 saturated heterocycles. The average molecular weight is 461 g/mol. The Morgan fingerprint density at radius 3 is 2.74 bits per heavy atom. The fourth-order valence-corrected chi connectivity index (χ4v) is 4.17. The first kappa shape index (κ1) is 23.3. The van der Waals surface area contributed by atoms with Crippen LogP contribution in [-0.4, -0.2) is 47.2 Å². The Kier molecular flexibility index (Phi) is 8.15. The predicted molar refractivity (Wildman–Crippen MR) is 127 cm³/mol. The molecule has 0 bridgehead atoms. The number of aliphatic hydroxyl groups is 2. The number of nitrogens with zero attached hydrogens (tertiary/aromatic N) is 2. The highest BCUT2D eigenvalue weighted by Crippen LogP contribution is 2.38. The number of hydrogen-bond acceptors (Lipinski definition) is 6. The van der Waals surface area contributed by atoms with Crippen LogP contribution in [0.4, 0.5) is 5.69 Å². The van der Waals surface area contributed by atoms with Crippen molar-refractivity contribution in [3.63, 3.8) is 0 Å². The summed E-state index contributed by atoms with van der Waals surface area (Å²) < 4.78 is 5.42. The molecule has 2 aromatic carbocycles. The molecular formula is C23H25ClN2O4S.